The van der Waals surface area contributed by atoms with E-state index in [1.807, 2.05) is 0 Å². The molecule has 2 amide bonds. The minimum atomic E-state index is -0.657. The van der Waals surface area contributed by atoms with E-state index < -0.39 is 22.0 Å². The predicted molar refractivity (Wildman–Crippen MR) is 115 cm³/mol. The third-order valence-electron chi connectivity index (χ3n) is 4.45. The number of esters is 1. The number of hydrogen-bond acceptors (Lipinski definition) is 8. The van der Waals surface area contributed by atoms with Crippen molar-refractivity contribution in [2.75, 3.05) is 0 Å². The number of amides is 2. The van der Waals surface area contributed by atoms with E-state index in [2.05, 4.69) is 0 Å². The zero-order valence-electron chi connectivity index (χ0n) is 16.3. The van der Waals surface area contributed by atoms with Crippen LogP contribution in [-0.4, -0.2) is 26.9 Å². The van der Waals surface area contributed by atoms with Gasteiger partial charge in [0.25, 0.3) is 16.8 Å². The number of ether oxygens (including phenoxy) is 1. The standard InChI is InChI=1S/C22H14N2O7S/c25-20-19(32-22(27)23(20)13-14-6-8-16(9-7-14)24(28)29)12-15-3-1-4-17(11-15)31-21(26)18-5-2-10-30-18/h1-12H,13H2/b19-12-. The molecule has 0 saturated carbocycles. The second-order valence-corrected chi connectivity index (χ2v) is 7.62. The molecule has 1 fully saturated rings. The van der Waals surface area contributed by atoms with E-state index in [9.17, 15) is 24.5 Å². The average molecular weight is 450 g/mol. The first kappa shape index (κ1) is 21.1. The van der Waals surface area contributed by atoms with Gasteiger partial charge in [-0.1, -0.05) is 24.3 Å². The van der Waals surface area contributed by atoms with Crippen molar-refractivity contribution in [2.24, 2.45) is 0 Å². The zero-order chi connectivity index (χ0) is 22.7. The Balaban J connectivity index is 1.47. The van der Waals surface area contributed by atoms with Crippen LogP contribution >= 0.6 is 11.8 Å². The van der Waals surface area contributed by atoms with E-state index >= 15 is 0 Å². The maximum atomic E-state index is 12.7. The van der Waals surface area contributed by atoms with Gasteiger partial charge in [-0.15, -0.1) is 0 Å². The summed E-state index contributed by atoms with van der Waals surface area (Å²) in [6.07, 6.45) is 2.89. The second-order valence-electron chi connectivity index (χ2n) is 6.63. The van der Waals surface area contributed by atoms with Crippen LogP contribution < -0.4 is 4.74 Å². The van der Waals surface area contributed by atoms with Crippen LogP contribution in [0.1, 0.15) is 21.7 Å². The van der Waals surface area contributed by atoms with Gasteiger partial charge in [0.15, 0.2) is 0 Å². The van der Waals surface area contributed by atoms with Gasteiger partial charge in [0.1, 0.15) is 5.75 Å². The summed E-state index contributed by atoms with van der Waals surface area (Å²) in [5.74, 6) is -0.820. The van der Waals surface area contributed by atoms with E-state index in [4.69, 9.17) is 9.15 Å². The van der Waals surface area contributed by atoms with Crippen LogP contribution in [0.15, 0.2) is 76.2 Å². The zero-order valence-corrected chi connectivity index (χ0v) is 17.1. The summed E-state index contributed by atoms with van der Waals surface area (Å²) in [7, 11) is 0. The van der Waals surface area contributed by atoms with Gasteiger partial charge >= 0.3 is 5.97 Å². The van der Waals surface area contributed by atoms with Crippen LogP contribution in [0.4, 0.5) is 10.5 Å². The number of carbonyl (C=O) groups is 3. The van der Waals surface area contributed by atoms with Crippen molar-refractivity contribution in [2.45, 2.75) is 6.54 Å². The molecule has 0 spiro atoms. The monoisotopic (exact) mass is 450 g/mol. The summed E-state index contributed by atoms with van der Waals surface area (Å²) < 4.78 is 10.3. The number of furan rings is 1. The largest absolute Gasteiger partial charge is 0.457 e. The number of nitro benzene ring substituents is 1. The number of imide groups is 1. The fourth-order valence-corrected chi connectivity index (χ4v) is 3.75. The highest BCUT2D eigenvalue weighted by Crippen LogP contribution is 2.34. The molecule has 0 aliphatic carbocycles. The van der Waals surface area contributed by atoms with Crippen molar-refractivity contribution >= 4 is 40.6 Å². The van der Waals surface area contributed by atoms with Crippen molar-refractivity contribution < 1.29 is 28.5 Å². The Morgan fingerprint density at radius 1 is 1.12 bits per heavy atom. The van der Waals surface area contributed by atoms with Crippen LogP contribution in [0.2, 0.25) is 0 Å². The smallest absolute Gasteiger partial charge is 0.379 e. The molecule has 1 saturated heterocycles. The molecule has 10 heteroatoms. The lowest BCUT2D eigenvalue weighted by Crippen LogP contribution is -2.27. The van der Waals surface area contributed by atoms with E-state index in [0.717, 1.165) is 16.7 Å². The van der Waals surface area contributed by atoms with E-state index in [1.165, 1.54) is 42.7 Å². The average Bonchev–Trinajstić information content (AvgIpc) is 3.40. The van der Waals surface area contributed by atoms with Crippen molar-refractivity contribution in [1.82, 2.24) is 4.90 Å². The Morgan fingerprint density at radius 2 is 1.91 bits per heavy atom. The van der Waals surface area contributed by atoms with Gasteiger partial charge in [-0.2, -0.15) is 0 Å². The molecule has 0 atom stereocenters. The number of nitrogens with zero attached hydrogens (tertiary/aromatic N) is 2. The Bertz CT molecular complexity index is 1230. The van der Waals surface area contributed by atoms with Crippen LogP contribution in [0.3, 0.4) is 0 Å². The minimum absolute atomic E-state index is 0.000794. The quantitative estimate of drug-likeness (QED) is 0.175. The SMILES string of the molecule is O=C(Oc1cccc(/C=C2\SC(=O)N(Cc3ccc([N+](=O)[O-])cc3)C2=O)c1)c1ccco1. The summed E-state index contributed by atoms with van der Waals surface area (Å²) in [6, 6.07) is 15.2. The molecule has 0 bridgehead atoms. The number of carbonyl (C=O) groups excluding carboxylic acids is 3. The van der Waals surface area contributed by atoms with E-state index in [-0.39, 0.29) is 28.6 Å². The highest BCUT2D eigenvalue weighted by atomic mass is 32.2. The van der Waals surface area contributed by atoms with Gasteiger partial charge in [0, 0.05) is 12.1 Å². The number of thioether (sulfide) groups is 1. The lowest BCUT2D eigenvalue weighted by molar-refractivity contribution is -0.384. The summed E-state index contributed by atoms with van der Waals surface area (Å²) in [5, 5.41) is 10.3. The van der Waals surface area contributed by atoms with Gasteiger partial charge in [-0.25, -0.2) is 4.79 Å². The third-order valence-corrected chi connectivity index (χ3v) is 5.36. The molecular weight excluding hydrogens is 436 g/mol. The number of rotatable bonds is 6. The van der Waals surface area contributed by atoms with Crippen molar-refractivity contribution in [3.63, 3.8) is 0 Å². The summed E-state index contributed by atoms with van der Waals surface area (Å²) in [6.45, 7) is 0.000794. The Hall–Kier alpha value is -4.18. The first-order valence-electron chi connectivity index (χ1n) is 9.25. The number of benzene rings is 2. The molecule has 3 aromatic rings. The molecule has 9 nitrogen and oxygen atoms in total. The van der Waals surface area contributed by atoms with Gasteiger partial charge in [0.2, 0.25) is 5.76 Å². The maximum absolute atomic E-state index is 12.7. The van der Waals surface area contributed by atoms with Crippen molar-refractivity contribution in [3.05, 3.63) is 98.8 Å². The topological polar surface area (TPSA) is 120 Å². The van der Waals surface area contributed by atoms with Crippen LogP contribution in [0, 0.1) is 10.1 Å². The van der Waals surface area contributed by atoms with Gasteiger partial charge in [0.05, 0.1) is 22.6 Å². The minimum Gasteiger partial charge on any atom is -0.457 e. The highest BCUT2D eigenvalue weighted by molar-refractivity contribution is 8.18. The number of nitro groups is 1. The molecule has 1 aromatic heterocycles. The molecule has 4 rings (SSSR count). The molecule has 1 aliphatic rings. The molecule has 1 aliphatic heterocycles. The summed E-state index contributed by atoms with van der Waals surface area (Å²) in [5.41, 5.74) is 1.08. The predicted octanol–water partition coefficient (Wildman–Crippen LogP) is 4.64. The van der Waals surface area contributed by atoms with Gasteiger partial charge in [-0.3, -0.25) is 24.6 Å². The fraction of sp³-hybridized carbons (Fsp3) is 0.0455. The van der Waals surface area contributed by atoms with Crippen molar-refractivity contribution in [3.8, 4) is 5.75 Å². The van der Waals surface area contributed by atoms with E-state index in [1.54, 1.807) is 30.3 Å². The lowest BCUT2D eigenvalue weighted by atomic mass is 10.2. The normalized spacial score (nSPS) is 14.8. The number of non-ortho nitro benzene ring substituents is 1. The molecule has 32 heavy (non-hydrogen) atoms. The Labute approximate surface area is 185 Å². The first-order valence-corrected chi connectivity index (χ1v) is 10.1. The summed E-state index contributed by atoms with van der Waals surface area (Å²) >= 11 is 0.789. The highest BCUT2D eigenvalue weighted by Gasteiger charge is 2.35. The fourth-order valence-electron chi connectivity index (χ4n) is 2.91. The molecule has 2 aromatic carbocycles. The maximum Gasteiger partial charge on any atom is 0.379 e. The van der Waals surface area contributed by atoms with Crippen LogP contribution in [0.5, 0.6) is 5.75 Å². The molecule has 0 unspecified atom stereocenters. The first-order chi connectivity index (χ1) is 15.4. The van der Waals surface area contributed by atoms with Crippen LogP contribution in [-0.2, 0) is 11.3 Å². The molecule has 160 valence electrons. The Morgan fingerprint density at radius 3 is 2.59 bits per heavy atom. The van der Waals surface area contributed by atoms with Gasteiger partial charge < -0.3 is 9.15 Å². The van der Waals surface area contributed by atoms with Crippen molar-refractivity contribution in [1.29, 1.82) is 0 Å². The van der Waals surface area contributed by atoms with Crippen LogP contribution in [0.25, 0.3) is 6.08 Å². The van der Waals surface area contributed by atoms with Gasteiger partial charge in [-0.05, 0) is 53.2 Å². The molecular formula is C22H14N2O7S. The third kappa shape index (κ3) is 4.60. The molecule has 2 heterocycles. The Kier molecular flexibility index (Phi) is 5.86. The second kappa shape index (κ2) is 8.90. The lowest BCUT2D eigenvalue weighted by Gasteiger charge is -2.12. The summed E-state index contributed by atoms with van der Waals surface area (Å²) in [4.78, 5) is 48.6. The molecule has 0 radical (unpaired) electrons. The molecule has 0 N–H and O–H groups in total. The number of hydrogen-bond donors (Lipinski definition) is 0. The van der Waals surface area contributed by atoms with E-state index in [0.29, 0.717) is 11.1 Å².